The van der Waals surface area contributed by atoms with Crippen LogP contribution < -0.4 is 4.90 Å². The van der Waals surface area contributed by atoms with E-state index in [0.29, 0.717) is 19.5 Å². The van der Waals surface area contributed by atoms with Gasteiger partial charge in [-0.05, 0) is 25.0 Å². The number of carbonyl (C=O) groups is 2. The van der Waals surface area contributed by atoms with Crippen molar-refractivity contribution < 1.29 is 9.59 Å². The van der Waals surface area contributed by atoms with Crippen molar-refractivity contribution in [2.24, 2.45) is 11.8 Å². The van der Waals surface area contributed by atoms with Crippen LogP contribution in [-0.4, -0.2) is 54.5 Å². The van der Waals surface area contributed by atoms with E-state index in [0.717, 1.165) is 26.2 Å². The maximum atomic E-state index is 12.5. The lowest BCUT2D eigenvalue weighted by Crippen LogP contribution is -2.51. The number of fused-ring (bicyclic) bond motifs is 1. The van der Waals surface area contributed by atoms with Crippen molar-refractivity contribution in [1.82, 2.24) is 9.80 Å². The predicted molar refractivity (Wildman–Crippen MR) is 92.3 cm³/mol. The molecule has 1 aromatic rings. The molecule has 0 bridgehead atoms. The number of carbonyl (C=O) groups excluding carboxylic acids is 2. The number of hydrogen-bond acceptors (Lipinski definition) is 4. The summed E-state index contributed by atoms with van der Waals surface area (Å²) in [5, 5.41) is 0. The molecule has 24 heavy (non-hydrogen) atoms. The fraction of sp³-hybridized carbons (Fsp3) is 0.474. The van der Waals surface area contributed by atoms with Crippen LogP contribution in [0.5, 0.6) is 0 Å². The van der Waals surface area contributed by atoms with Crippen LogP contribution >= 0.6 is 0 Å². The molecule has 1 aromatic carbocycles. The number of hydrogen-bond donors (Lipinski definition) is 0. The number of anilines is 1. The Balaban J connectivity index is 1.36. The van der Waals surface area contributed by atoms with Gasteiger partial charge in [0.2, 0.25) is 11.8 Å². The summed E-state index contributed by atoms with van der Waals surface area (Å²) < 4.78 is 0. The molecule has 0 unspecified atom stereocenters. The first-order chi connectivity index (χ1) is 11.7. The monoisotopic (exact) mass is 325 g/mol. The van der Waals surface area contributed by atoms with Crippen molar-refractivity contribution in [3.8, 4) is 0 Å². The lowest BCUT2D eigenvalue weighted by Gasteiger charge is -2.37. The van der Waals surface area contributed by atoms with Gasteiger partial charge in [0.05, 0.1) is 18.5 Å². The summed E-state index contributed by atoms with van der Waals surface area (Å²) in [6.07, 6.45) is 5.50. The number of amides is 2. The number of nitrogens with zero attached hydrogens (tertiary/aromatic N) is 3. The molecule has 0 N–H and O–H groups in total. The zero-order valence-electron chi connectivity index (χ0n) is 13.8. The number of rotatable bonds is 3. The van der Waals surface area contributed by atoms with Crippen LogP contribution in [0.4, 0.5) is 5.69 Å². The summed E-state index contributed by atoms with van der Waals surface area (Å²) in [5.74, 6) is -0.180. The van der Waals surface area contributed by atoms with E-state index in [4.69, 9.17) is 0 Å². The number of benzene rings is 1. The number of imide groups is 1. The molecule has 0 saturated carbocycles. The first-order valence-electron chi connectivity index (χ1n) is 8.76. The maximum absolute atomic E-state index is 12.5. The van der Waals surface area contributed by atoms with E-state index >= 15 is 0 Å². The van der Waals surface area contributed by atoms with Crippen molar-refractivity contribution in [3.63, 3.8) is 0 Å². The highest BCUT2D eigenvalue weighted by Gasteiger charge is 2.47. The molecule has 2 amide bonds. The fourth-order valence-electron chi connectivity index (χ4n) is 3.99. The average molecular weight is 325 g/mol. The summed E-state index contributed by atoms with van der Waals surface area (Å²) >= 11 is 0. The summed E-state index contributed by atoms with van der Waals surface area (Å²) in [7, 11) is 0. The van der Waals surface area contributed by atoms with E-state index in [1.54, 1.807) is 0 Å². The molecular formula is C19H23N3O2. The zero-order valence-corrected chi connectivity index (χ0v) is 13.8. The van der Waals surface area contributed by atoms with Gasteiger partial charge in [-0.2, -0.15) is 0 Å². The van der Waals surface area contributed by atoms with Gasteiger partial charge in [0.1, 0.15) is 0 Å². The second kappa shape index (κ2) is 6.40. The second-order valence-corrected chi connectivity index (χ2v) is 6.84. The zero-order chi connectivity index (χ0) is 16.5. The highest BCUT2D eigenvalue weighted by molar-refractivity contribution is 6.05. The maximum Gasteiger partial charge on any atom is 0.234 e. The number of likely N-dealkylation sites (tertiary alicyclic amines) is 1. The van der Waals surface area contributed by atoms with Gasteiger partial charge in [0, 0.05) is 31.9 Å². The Bertz CT molecular complexity index is 624. The SMILES string of the molecule is O=C1[C@H]2CC=CC[C@H]2C(=O)N1CN1CCN(c2ccccc2)CC1. The minimum Gasteiger partial charge on any atom is -0.369 e. The van der Waals surface area contributed by atoms with Crippen LogP contribution in [0, 0.1) is 11.8 Å². The van der Waals surface area contributed by atoms with Gasteiger partial charge in [0.25, 0.3) is 0 Å². The Kier molecular flexibility index (Phi) is 4.10. The fourth-order valence-corrected chi connectivity index (χ4v) is 3.99. The molecule has 2 aliphatic heterocycles. The van der Waals surface area contributed by atoms with Crippen molar-refractivity contribution in [2.45, 2.75) is 12.8 Å². The van der Waals surface area contributed by atoms with Gasteiger partial charge in [-0.25, -0.2) is 0 Å². The first kappa shape index (κ1) is 15.4. The first-order valence-corrected chi connectivity index (χ1v) is 8.76. The van der Waals surface area contributed by atoms with Gasteiger partial charge < -0.3 is 4.90 Å². The molecule has 5 nitrogen and oxygen atoms in total. The Hall–Kier alpha value is -2.14. The molecule has 5 heteroatoms. The summed E-state index contributed by atoms with van der Waals surface area (Å²) in [5.41, 5.74) is 1.24. The molecule has 2 fully saturated rings. The quantitative estimate of drug-likeness (QED) is 0.627. The van der Waals surface area contributed by atoms with Gasteiger partial charge in [-0.3, -0.25) is 19.4 Å². The smallest absolute Gasteiger partial charge is 0.234 e. The Morgan fingerprint density at radius 2 is 1.42 bits per heavy atom. The van der Waals surface area contributed by atoms with Crippen molar-refractivity contribution in [3.05, 3.63) is 42.5 Å². The molecule has 4 rings (SSSR count). The number of allylic oxidation sites excluding steroid dienone is 2. The topological polar surface area (TPSA) is 43.9 Å². The van der Waals surface area contributed by atoms with Gasteiger partial charge >= 0.3 is 0 Å². The molecule has 2 heterocycles. The standard InChI is InChI=1S/C19H23N3O2/c23-18-16-8-4-5-9-17(16)19(24)22(18)14-20-10-12-21(13-11-20)15-6-2-1-3-7-15/h1-7,16-17H,8-14H2/t16-,17+. The highest BCUT2D eigenvalue weighted by atomic mass is 16.2. The molecule has 0 radical (unpaired) electrons. The van der Waals surface area contributed by atoms with E-state index < -0.39 is 0 Å². The normalized spacial score (nSPS) is 27.7. The molecule has 1 aliphatic carbocycles. The van der Waals surface area contributed by atoms with Gasteiger partial charge in [-0.1, -0.05) is 30.4 Å². The molecule has 2 saturated heterocycles. The summed E-state index contributed by atoms with van der Waals surface area (Å²) in [4.78, 5) is 31.2. The number of piperazine rings is 1. The van der Waals surface area contributed by atoms with Gasteiger partial charge in [-0.15, -0.1) is 0 Å². The van der Waals surface area contributed by atoms with Crippen LogP contribution in [0.3, 0.4) is 0 Å². The second-order valence-electron chi connectivity index (χ2n) is 6.84. The van der Waals surface area contributed by atoms with E-state index in [1.807, 2.05) is 18.2 Å². The molecule has 2 atom stereocenters. The molecule has 0 spiro atoms. The predicted octanol–water partition coefficient (Wildman–Crippen LogP) is 1.72. The third-order valence-corrected chi connectivity index (χ3v) is 5.43. The van der Waals surface area contributed by atoms with Crippen molar-refractivity contribution in [2.75, 3.05) is 37.7 Å². The van der Waals surface area contributed by atoms with E-state index in [1.165, 1.54) is 10.6 Å². The molecular weight excluding hydrogens is 302 g/mol. The summed E-state index contributed by atoms with van der Waals surface area (Å²) in [6.45, 7) is 4.05. The van der Waals surface area contributed by atoms with Crippen LogP contribution in [0.25, 0.3) is 0 Å². The van der Waals surface area contributed by atoms with Gasteiger partial charge in [0.15, 0.2) is 0 Å². The lowest BCUT2D eigenvalue weighted by atomic mass is 9.85. The van der Waals surface area contributed by atoms with Crippen LogP contribution in [0.15, 0.2) is 42.5 Å². The molecule has 126 valence electrons. The van der Waals surface area contributed by atoms with E-state index in [2.05, 4.69) is 34.1 Å². The minimum atomic E-state index is -0.117. The highest BCUT2D eigenvalue weighted by Crippen LogP contribution is 2.35. The van der Waals surface area contributed by atoms with Crippen molar-refractivity contribution in [1.29, 1.82) is 0 Å². The van der Waals surface area contributed by atoms with Crippen LogP contribution in [0.2, 0.25) is 0 Å². The van der Waals surface area contributed by atoms with E-state index in [9.17, 15) is 9.59 Å². The largest absolute Gasteiger partial charge is 0.369 e. The third kappa shape index (κ3) is 2.73. The molecule has 3 aliphatic rings. The third-order valence-electron chi connectivity index (χ3n) is 5.43. The van der Waals surface area contributed by atoms with Crippen LogP contribution in [0.1, 0.15) is 12.8 Å². The Morgan fingerprint density at radius 1 is 0.833 bits per heavy atom. The Labute approximate surface area is 142 Å². The Morgan fingerprint density at radius 3 is 2.00 bits per heavy atom. The minimum absolute atomic E-state index is 0.0276. The molecule has 0 aromatic heterocycles. The number of para-hydroxylation sites is 1. The lowest BCUT2D eigenvalue weighted by molar-refractivity contribution is -0.142. The summed E-state index contributed by atoms with van der Waals surface area (Å²) in [6, 6.07) is 10.4. The van der Waals surface area contributed by atoms with Crippen molar-refractivity contribution >= 4 is 17.5 Å². The average Bonchev–Trinajstić information content (AvgIpc) is 2.88. The van der Waals surface area contributed by atoms with E-state index in [-0.39, 0.29) is 23.7 Å². The van der Waals surface area contributed by atoms with Crippen LogP contribution in [-0.2, 0) is 9.59 Å².